The highest BCUT2D eigenvalue weighted by molar-refractivity contribution is 5.99. The number of anilines is 1. The number of ether oxygens (including phenoxy) is 1. The summed E-state index contributed by atoms with van der Waals surface area (Å²) in [4.78, 5) is 4.25. The number of hydrogen-bond donors (Lipinski definition) is 0. The lowest BCUT2D eigenvalue weighted by atomic mass is 10.0. The Balaban J connectivity index is 2.21. The summed E-state index contributed by atoms with van der Waals surface area (Å²) >= 11 is 0. The molecule has 0 aliphatic carbocycles. The zero-order chi connectivity index (χ0) is 15.2. The van der Waals surface area contributed by atoms with E-state index in [0.29, 0.717) is 6.61 Å². The van der Waals surface area contributed by atoms with Gasteiger partial charge in [-0.2, -0.15) is 0 Å². The molecule has 112 valence electrons. The first-order valence-corrected chi connectivity index (χ1v) is 7.21. The molecule has 2 aromatic carbocycles. The maximum atomic E-state index is 5.54. The summed E-state index contributed by atoms with van der Waals surface area (Å²) in [5, 5.41) is 2.51. The molecule has 0 atom stereocenters. The molecule has 2 aromatic rings. The molecule has 0 unspecified atom stereocenters. The second kappa shape index (κ2) is 7.14. The highest BCUT2D eigenvalue weighted by Gasteiger charge is 2.05. The number of benzene rings is 2. The van der Waals surface area contributed by atoms with E-state index in [-0.39, 0.29) is 0 Å². The van der Waals surface area contributed by atoms with E-state index in [1.165, 1.54) is 22.0 Å². The number of hydrogen-bond acceptors (Lipinski definition) is 3. The molecular weight excluding hydrogens is 260 g/mol. The second-order valence-electron chi connectivity index (χ2n) is 5.59. The molecule has 0 aliphatic rings. The van der Waals surface area contributed by atoms with Crippen LogP contribution in [0.4, 0.5) is 5.69 Å². The van der Waals surface area contributed by atoms with Crippen molar-refractivity contribution >= 4 is 22.5 Å². The average Bonchev–Trinajstić information content (AvgIpc) is 2.46. The quantitative estimate of drug-likeness (QED) is 0.597. The van der Waals surface area contributed by atoms with Crippen LogP contribution < -0.4 is 4.90 Å². The van der Waals surface area contributed by atoms with Gasteiger partial charge in [-0.25, -0.2) is 0 Å². The van der Waals surface area contributed by atoms with Crippen molar-refractivity contribution in [2.24, 2.45) is 0 Å². The number of fused-ring (bicyclic) bond motifs is 1. The number of likely N-dealkylation sites (N-methyl/N-ethyl adjacent to an activating group) is 1. The van der Waals surface area contributed by atoms with Crippen LogP contribution in [0.25, 0.3) is 16.8 Å². The van der Waals surface area contributed by atoms with Crippen molar-refractivity contribution in [3.63, 3.8) is 0 Å². The van der Waals surface area contributed by atoms with Crippen LogP contribution in [0.2, 0.25) is 0 Å². The minimum Gasteiger partial charge on any atom is -0.500 e. The SMILES string of the molecule is CN(C)CCO/C=C/c1ccc(N(C)C)c2ccccc12. The van der Waals surface area contributed by atoms with Crippen molar-refractivity contribution in [2.45, 2.75) is 0 Å². The minimum atomic E-state index is 0.706. The molecule has 0 spiro atoms. The van der Waals surface area contributed by atoms with Gasteiger partial charge in [0, 0.05) is 31.7 Å². The van der Waals surface area contributed by atoms with Gasteiger partial charge in [0.15, 0.2) is 0 Å². The zero-order valence-electron chi connectivity index (χ0n) is 13.3. The van der Waals surface area contributed by atoms with Crippen LogP contribution in [0.3, 0.4) is 0 Å². The van der Waals surface area contributed by atoms with Crippen LogP contribution in [0.1, 0.15) is 5.56 Å². The van der Waals surface area contributed by atoms with E-state index in [1.54, 1.807) is 6.26 Å². The Labute approximate surface area is 127 Å². The van der Waals surface area contributed by atoms with Gasteiger partial charge in [0.25, 0.3) is 0 Å². The van der Waals surface area contributed by atoms with E-state index in [0.717, 1.165) is 6.54 Å². The molecular formula is C18H24N2O. The average molecular weight is 284 g/mol. The van der Waals surface area contributed by atoms with Crippen molar-refractivity contribution in [3.8, 4) is 0 Å². The van der Waals surface area contributed by atoms with Crippen LogP contribution in [0, 0.1) is 0 Å². The van der Waals surface area contributed by atoms with Gasteiger partial charge in [-0.1, -0.05) is 30.3 Å². The van der Waals surface area contributed by atoms with Gasteiger partial charge in [-0.3, -0.25) is 0 Å². The van der Waals surface area contributed by atoms with Crippen molar-refractivity contribution in [2.75, 3.05) is 46.2 Å². The molecule has 2 rings (SSSR count). The van der Waals surface area contributed by atoms with Gasteiger partial charge in [-0.05, 0) is 37.2 Å². The maximum absolute atomic E-state index is 5.54. The zero-order valence-corrected chi connectivity index (χ0v) is 13.3. The van der Waals surface area contributed by atoms with E-state index < -0.39 is 0 Å². The lowest BCUT2D eigenvalue weighted by molar-refractivity contribution is 0.214. The molecule has 0 aromatic heterocycles. The summed E-state index contributed by atoms with van der Waals surface area (Å²) in [7, 11) is 8.23. The summed E-state index contributed by atoms with van der Waals surface area (Å²) in [5.74, 6) is 0. The summed E-state index contributed by atoms with van der Waals surface area (Å²) in [6, 6.07) is 12.8. The fourth-order valence-corrected chi connectivity index (χ4v) is 2.27. The van der Waals surface area contributed by atoms with Crippen LogP contribution >= 0.6 is 0 Å². The highest BCUT2D eigenvalue weighted by Crippen LogP contribution is 2.29. The van der Waals surface area contributed by atoms with Gasteiger partial charge in [0.2, 0.25) is 0 Å². The summed E-state index contributed by atoms with van der Waals surface area (Å²) in [6.07, 6.45) is 3.83. The van der Waals surface area contributed by atoms with Crippen LogP contribution in [-0.2, 0) is 4.74 Å². The van der Waals surface area contributed by atoms with E-state index >= 15 is 0 Å². The molecule has 0 saturated heterocycles. The third-order valence-corrected chi connectivity index (χ3v) is 3.42. The molecule has 3 nitrogen and oxygen atoms in total. The van der Waals surface area contributed by atoms with Gasteiger partial charge in [-0.15, -0.1) is 0 Å². The Morgan fingerprint density at radius 1 is 0.952 bits per heavy atom. The van der Waals surface area contributed by atoms with Crippen LogP contribution in [0.5, 0.6) is 0 Å². The van der Waals surface area contributed by atoms with Gasteiger partial charge >= 0.3 is 0 Å². The van der Waals surface area contributed by atoms with E-state index in [4.69, 9.17) is 4.74 Å². The van der Waals surface area contributed by atoms with Crippen molar-refractivity contribution in [1.82, 2.24) is 4.90 Å². The standard InChI is InChI=1S/C18H24N2O/c1-19(2)12-14-21-13-11-15-9-10-18(20(3)4)17-8-6-5-7-16(15)17/h5-11,13H,12,14H2,1-4H3/b13-11+. The lowest BCUT2D eigenvalue weighted by Gasteiger charge is -2.16. The Morgan fingerprint density at radius 3 is 2.33 bits per heavy atom. The van der Waals surface area contributed by atoms with Crippen molar-refractivity contribution in [1.29, 1.82) is 0 Å². The van der Waals surface area contributed by atoms with Gasteiger partial charge < -0.3 is 14.5 Å². The minimum absolute atomic E-state index is 0.706. The summed E-state index contributed by atoms with van der Waals surface area (Å²) < 4.78 is 5.54. The number of rotatable bonds is 6. The highest BCUT2D eigenvalue weighted by atomic mass is 16.5. The maximum Gasteiger partial charge on any atom is 0.0999 e. The van der Waals surface area contributed by atoms with Crippen molar-refractivity contribution in [3.05, 3.63) is 48.2 Å². The Bertz CT molecular complexity index is 618. The molecule has 0 N–H and O–H groups in total. The summed E-state index contributed by atoms with van der Waals surface area (Å²) in [6.45, 7) is 1.63. The molecule has 0 radical (unpaired) electrons. The third-order valence-electron chi connectivity index (χ3n) is 3.42. The first-order chi connectivity index (χ1) is 10.1. The van der Waals surface area contributed by atoms with Crippen LogP contribution in [-0.4, -0.2) is 46.2 Å². The Kier molecular flexibility index (Phi) is 5.23. The number of nitrogens with zero attached hydrogens (tertiary/aromatic N) is 2. The lowest BCUT2D eigenvalue weighted by Crippen LogP contribution is -2.16. The monoisotopic (exact) mass is 284 g/mol. The largest absolute Gasteiger partial charge is 0.500 e. The molecule has 3 heteroatoms. The third kappa shape index (κ3) is 3.99. The fourth-order valence-electron chi connectivity index (χ4n) is 2.27. The molecule has 0 heterocycles. The second-order valence-corrected chi connectivity index (χ2v) is 5.59. The summed E-state index contributed by atoms with van der Waals surface area (Å²) in [5.41, 5.74) is 2.41. The van der Waals surface area contributed by atoms with Gasteiger partial charge in [0.1, 0.15) is 0 Å². The van der Waals surface area contributed by atoms with Crippen LogP contribution in [0.15, 0.2) is 42.7 Å². The van der Waals surface area contributed by atoms with E-state index in [1.807, 2.05) is 20.2 Å². The molecule has 21 heavy (non-hydrogen) atoms. The first-order valence-electron chi connectivity index (χ1n) is 7.21. The predicted octanol–water partition coefficient (Wildman–Crippen LogP) is 3.45. The molecule has 0 saturated carbocycles. The molecule has 0 amide bonds. The predicted molar refractivity (Wildman–Crippen MR) is 91.8 cm³/mol. The normalized spacial score (nSPS) is 11.5. The van der Waals surface area contributed by atoms with Gasteiger partial charge in [0.05, 0.1) is 12.9 Å². The van der Waals surface area contributed by atoms with E-state index in [2.05, 4.69) is 60.3 Å². The fraction of sp³-hybridized carbons (Fsp3) is 0.333. The van der Waals surface area contributed by atoms with E-state index in [9.17, 15) is 0 Å². The van der Waals surface area contributed by atoms with Crippen molar-refractivity contribution < 1.29 is 4.74 Å². The topological polar surface area (TPSA) is 15.7 Å². The molecule has 0 fully saturated rings. The molecule has 0 bridgehead atoms. The molecule has 0 aliphatic heterocycles. The first kappa shape index (κ1) is 15.4. The Hall–Kier alpha value is -2.00. The Morgan fingerprint density at radius 2 is 1.67 bits per heavy atom. The smallest absolute Gasteiger partial charge is 0.0999 e.